The number of nitrogens with zero attached hydrogens (tertiary/aromatic N) is 3. The van der Waals surface area contributed by atoms with E-state index >= 15 is 0 Å². The second kappa shape index (κ2) is 5.89. The van der Waals surface area contributed by atoms with E-state index in [1.165, 1.54) is 32.0 Å². The molecule has 1 aromatic rings. The van der Waals surface area contributed by atoms with Crippen LogP contribution in [0.3, 0.4) is 0 Å². The average Bonchev–Trinajstić information content (AvgIpc) is 2.63. The fourth-order valence-corrected chi connectivity index (χ4v) is 2.58. The van der Waals surface area contributed by atoms with Crippen LogP contribution in [-0.4, -0.2) is 30.2 Å². The third kappa shape index (κ3) is 2.66. The molecule has 1 saturated heterocycles. The van der Waals surface area contributed by atoms with Gasteiger partial charge in [0, 0.05) is 13.1 Å². The lowest BCUT2D eigenvalue weighted by molar-refractivity contribution is 0.412. The van der Waals surface area contributed by atoms with Gasteiger partial charge in [-0.2, -0.15) is 0 Å². The van der Waals surface area contributed by atoms with E-state index < -0.39 is 0 Å². The van der Waals surface area contributed by atoms with Crippen molar-refractivity contribution in [3.63, 3.8) is 0 Å². The monoisotopic (exact) mass is 250 g/mol. The van der Waals surface area contributed by atoms with E-state index in [-0.39, 0.29) is 0 Å². The van der Waals surface area contributed by atoms with E-state index in [4.69, 9.17) is 10.5 Å². The van der Waals surface area contributed by atoms with Gasteiger partial charge in [-0.15, -0.1) is 0 Å². The first-order chi connectivity index (χ1) is 8.76. The molecule has 1 aliphatic heterocycles. The molecule has 0 radical (unpaired) electrons. The highest BCUT2D eigenvalue weighted by Gasteiger charge is 2.20. The van der Waals surface area contributed by atoms with Gasteiger partial charge in [0.2, 0.25) is 5.75 Å². The highest BCUT2D eigenvalue weighted by molar-refractivity contribution is 5.62. The normalized spacial score (nSPS) is 20.6. The van der Waals surface area contributed by atoms with Gasteiger partial charge in [0.1, 0.15) is 6.33 Å². The molecule has 5 heteroatoms. The topological polar surface area (TPSA) is 64.3 Å². The molecule has 1 unspecified atom stereocenters. The van der Waals surface area contributed by atoms with Crippen LogP contribution in [0.2, 0.25) is 0 Å². The van der Waals surface area contributed by atoms with Crippen LogP contribution in [0.4, 0.5) is 11.6 Å². The van der Waals surface area contributed by atoms with E-state index in [9.17, 15) is 0 Å². The van der Waals surface area contributed by atoms with Crippen molar-refractivity contribution in [2.24, 2.45) is 5.92 Å². The zero-order chi connectivity index (χ0) is 13.0. The number of anilines is 2. The summed E-state index contributed by atoms with van der Waals surface area (Å²) in [7, 11) is 1.62. The molecule has 1 fully saturated rings. The minimum Gasteiger partial charge on any atom is -0.490 e. The fraction of sp³-hybridized carbons (Fsp3) is 0.692. The third-order valence-electron chi connectivity index (χ3n) is 3.74. The van der Waals surface area contributed by atoms with E-state index in [1.807, 2.05) is 0 Å². The molecule has 2 heterocycles. The number of nitrogens with two attached hydrogens (primary N) is 1. The Hall–Kier alpha value is -1.52. The second-order valence-corrected chi connectivity index (χ2v) is 4.81. The smallest absolute Gasteiger partial charge is 0.204 e. The molecule has 2 N–H and O–H groups in total. The summed E-state index contributed by atoms with van der Waals surface area (Å²) in [4.78, 5) is 10.6. The Labute approximate surface area is 108 Å². The molecule has 0 aliphatic carbocycles. The molecule has 2 rings (SSSR count). The Balaban J connectivity index is 2.18. The molecule has 1 aromatic heterocycles. The molecule has 0 aromatic carbocycles. The van der Waals surface area contributed by atoms with Crippen LogP contribution in [-0.2, 0) is 0 Å². The van der Waals surface area contributed by atoms with Crippen molar-refractivity contribution in [2.45, 2.75) is 32.6 Å². The van der Waals surface area contributed by atoms with Gasteiger partial charge in [-0.3, -0.25) is 0 Å². The van der Waals surface area contributed by atoms with Crippen molar-refractivity contribution >= 4 is 11.6 Å². The lowest BCUT2D eigenvalue weighted by Crippen LogP contribution is -2.26. The predicted octanol–water partition coefficient (Wildman–Crippen LogP) is 2.08. The summed E-state index contributed by atoms with van der Waals surface area (Å²) in [6.45, 7) is 4.30. The first-order valence-corrected chi connectivity index (χ1v) is 6.65. The first-order valence-electron chi connectivity index (χ1n) is 6.65. The summed E-state index contributed by atoms with van der Waals surface area (Å²) in [5.74, 6) is 2.69. The summed E-state index contributed by atoms with van der Waals surface area (Å²) in [5.41, 5.74) is 5.83. The molecule has 100 valence electrons. The van der Waals surface area contributed by atoms with Gasteiger partial charge in [-0.25, -0.2) is 9.97 Å². The lowest BCUT2D eigenvalue weighted by Gasteiger charge is -2.23. The van der Waals surface area contributed by atoms with E-state index in [0.29, 0.717) is 11.6 Å². The molecule has 1 aliphatic rings. The van der Waals surface area contributed by atoms with Crippen LogP contribution in [0.1, 0.15) is 32.6 Å². The van der Waals surface area contributed by atoms with Gasteiger partial charge in [0.15, 0.2) is 11.6 Å². The number of nitrogen functional groups attached to an aromatic ring is 1. The Bertz CT molecular complexity index is 397. The Morgan fingerprint density at radius 2 is 2.22 bits per heavy atom. The maximum Gasteiger partial charge on any atom is 0.204 e. The number of rotatable bonds is 3. The first kappa shape index (κ1) is 12.9. The number of hydrogen-bond donors (Lipinski definition) is 1. The summed E-state index contributed by atoms with van der Waals surface area (Å²) >= 11 is 0. The number of ether oxygens (including phenoxy) is 1. The number of methoxy groups -OCH3 is 1. The summed E-state index contributed by atoms with van der Waals surface area (Å²) in [6.07, 6.45) is 6.48. The average molecular weight is 250 g/mol. The molecule has 1 atom stereocenters. The molecule has 0 spiro atoms. The van der Waals surface area contributed by atoms with Crippen LogP contribution in [0.25, 0.3) is 0 Å². The van der Waals surface area contributed by atoms with Crippen molar-refractivity contribution in [3.05, 3.63) is 6.33 Å². The third-order valence-corrected chi connectivity index (χ3v) is 3.74. The molecule has 0 amide bonds. The van der Waals surface area contributed by atoms with Crippen molar-refractivity contribution < 1.29 is 4.74 Å². The van der Waals surface area contributed by atoms with Crippen LogP contribution < -0.4 is 15.4 Å². The standard InChI is InChI=1S/C13H22N4O/c1-3-10-5-4-7-17(8-6-10)13-11(18-2)12(14)15-9-16-13/h9-10H,3-8H2,1-2H3,(H2,14,15,16). The molecular weight excluding hydrogens is 228 g/mol. The van der Waals surface area contributed by atoms with Crippen LogP contribution >= 0.6 is 0 Å². The molecule has 18 heavy (non-hydrogen) atoms. The van der Waals surface area contributed by atoms with Crippen LogP contribution in [0, 0.1) is 5.92 Å². The van der Waals surface area contributed by atoms with Gasteiger partial charge >= 0.3 is 0 Å². The SMILES string of the molecule is CCC1CCCN(c2ncnc(N)c2OC)CC1. The highest BCUT2D eigenvalue weighted by Crippen LogP contribution is 2.32. The Kier molecular flexibility index (Phi) is 4.23. The minimum absolute atomic E-state index is 0.416. The maximum atomic E-state index is 5.83. The molecule has 0 bridgehead atoms. The number of aromatic nitrogens is 2. The van der Waals surface area contributed by atoms with Crippen LogP contribution in [0.5, 0.6) is 5.75 Å². The largest absolute Gasteiger partial charge is 0.490 e. The summed E-state index contributed by atoms with van der Waals surface area (Å²) in [6, 6.07) is 0. The van der Waals surface area contributed by atoms with Gasteiger partial charge in [0.25, 0.3) is 0 Å². The molecule has 0 saturated carbocycles. The molecular formula is C13H22N4O. The predicted molar refractivity (Wildman–Crippen MR) is 72.8 cm³/mol. The fourth-order valence-electron chi connectivity index (χ4n) is 2.58. The van der Waals surface area contributed by atoms with Gasteiger partial charge in [-0.05, 0) is 25.2 Å². The van der Waals surface area contributed by atoms with Crippen molar-refractivity contribution in [1.82, 2.24) is 9.97 Å². The minimum atomic E-state index is 0.416. The van der Waals surface area contributed by atoms with E-state index in [1.54, 1.807) is 7.11 Å². The van der Waals surface area contributed by atoms with Gasteiger partial charge < -0.3 is 15.4 Å². The van der Waals surface area contributed by atoms with Crippen molar-refractivity contribution in [3.8, 4) is 5.75 Å². The highest BCUT2D eigenvalue weighted by atomic mass is 16.5. The molecule has 5 nitrogen and oxygen atoms in total. The lowest BCUT2D eigenvalue weighted by atomic mass is 9.98. The quantitative estimate of drug-likeness (QED) is 0.889. The number of hydrogen-bond acceptors (Lipinski definition) is 5. The van der Waals surface area contributed by atoms with E-state index in [0.717, 1.165) is 24.8 Å². The maximum absolute atomic E-state index is 5.83. The summed E-state index contributed by atoms with van der Waals surface area (Å²) in [5, 5.41) is 0. The zero-order valence-corrected chi connectivity index (χ0v) is 11.2. The summed E-state index contributed by atoms with van der Waals surface area (Å²) < 4.78 is 5.33. The van der Waals surface area contributed by atoms with Gasteiger partial charge in [-0.1, -0.05) is 13.3 Å². The van der Waals surface area contributed by atoms with Crippen molar-refractivity contribution in [2.75, 3.05) is 30.8 Å². The van der Waals surface area contributed by atoms with Gasteiger partial charge in [0.05, 0.1) is 7.11 Å². The second-order valence-electron chi connectivity index (χ2n) is 4.81. The van der Waals surface area contributed by atoms with Crippen molar-refractivity contribution in [1.29, 1.82) is 0 Å². The Morgan fingerprint density at radius 1 is 1.39 bits per heavy atom. The zero-order valence-electron chi connectivity index (χ0n) is 11.2. The Morgan fingerprint density at radius 3 is 2.94 bits per heavy atom. The van der Waals surface area contributed by atoms with E-state index in [2.05, 4.69) is 21.8 Å². The van der Waals surface area contributed by atoms with Crippen LogP contribution in [0.15, 0.2) is 6.33 Å².